The van der Waals surface area contributed by atoms with Crippen LogP contribution in [0.25, 0.3) is 0 Å². The van der Waals surface area contributed by atoms with E-state index in [0.717, 1.165) is 18.5 Å². The van der Waals surface area contributed by atoms with Gasteiger partial charge in [-0.25, -0.2) is 0 Å². The van der Waals surface area contributed by atoms with Crippen LogP contribution in [-0.2, 0) is 6.42 Å². The standard InChI is InChI=1S/C12H15N5/c13-15-11(12-7-14-17-16-12)6-9-5-8-3-1-2-4-10(8)9/h1-4,7,9,11,15H,5-6,13H2,(H,14,16,17). The molecule has 0 radical (unpaired) electrons. The average molecular weight is 229 g/mol. The molecule has 3 rings (SSSR count). The Balaban J connectivity index is 1.73. The zero-order valence-electron chi connectivity index (χ0n) is 9.43. The molecule has 1 aromatic heterocycles. The SMILES string of the molecule is NNC(CC1Cc2ccccc21)c1cn[nH]n1. The number of H-pyrrole nitrogens is 1. The maximum absolute atomic E-state index is 5.58. The Hall–Kier alpha value is -1.72. The van der Waals surface area contributed by atoms with Crippen LogP contribution in [0.2, 0.25) is 0 Å². The van der Waals surface area contributed by atoms with E-state index in [0.29, 0.717) is 5.92 Å². The third kappa shape index (κ3) is 1.83. The van der Waals surface area contributed by atoms with E-state index < -0.39 is 0 Å². The number of benzene rings is 1. The summed E-state index contributed by atoms with van der Waals surface area (Å²) in [6, 6.07) is 8.62. The van der Waals surface area contributed by atoms with E-state index >= 15 is 0 Å². The van der Waals surface area contributed by atoms with Crippen LogP contribution in [0.4, 0.5) is 0 Å². The molecule has 5 heteroatoms. The quantitative estimate of drug-likeness (QED) is 0.540. The highest BCUT2D eigenvalue weighted by atomic mass is 15.3. The van der Waals surface area contributed by atoms with E-state index in [9.17, 15) is 0 Å². The van der Waals surface area contributed by atoms with Crippen molar-refractivity contribution in [3.05, 3.63) is 47.3 Å². The molecule has 88 valence electrons. The van der Waals surface area contributed by atoms with E-state index in [1.165, 1.54) is 11.1 Å². The lowest BCUT2D eigenvalue weighted by Gasteiger charge is -2.32. The summed E-state index contributed by atoms with van der Waals surface area (Å²) in [6.45, 7) is 0. The van der Waals surface area contributed by atoms with Crippen LogP contribution in [-0.4, -0.2) is 15.4 Å². The Morgan fingerprint density at radius 1 is 1.47 bits per heavy atom. The molecule has 2 aromatic rings. The summed E-state index contributed by atoms with van der Waals surface area (Å²) in [5, 5.41) is 10.5. The molecule has 0 bridgehead atoms. The molecule has 2 atom stereocenters. The van der Waals surface area contributed by atoms with Crippen LogP contribution in [0.1, 0.15) is 35.2 Å². The second-order valence-electron chi connectivity index (χ2n) is 4.45. The highest BCUT2D eigenvalue weighted by molar-refractivity contribution is 5.40. The molecular formula is C12H15N5. The number of nitrogens with zero attached hydrogens (tertiary/aromatic N) is 2. The highest BCUT2D eigenvalue weighted by Gasteiger charge is 2.28. The van der Waals surface area contributed by atoms with Crippen molar-refractivity contribution in [1.82, 2.24) is 20.8 Å². The van der Waals surface area contributed by atoms with Crippen LogP contribution in [0, 0.1) is 0 Å². The number of nitrogens with one attached hydrogen (secondary N) is 2. The van der Waals surface area contributed by atoms with Crippen molar-refractivity contribution in [2.24, 2.45) is 5.84 Å². The first kappa shape index (κ1) is 10.4. The Labute approximate surface area is 99.4 Å². The molecule has 0 fully saturated rings. The Morgan fingerprint density at radius 3 is 3.06 bits per heavy atom. The van der Waals surface area contributed by atoms with Crippen molar-refractivity contribution in [3.63, 3.8) is 0 Å². The molecule has 0 amide bonds. The van der Waals surface area contributed by atoms with Crippen LogP contribution < -0.4 is 11.3 Å². The lowest BCUT2D eigenvalue weighted by molar-refractivity contribution is 0.428. The van der Waals surface area contributed by atoms with Crippen molar-refractivity contribution >= 4 is 0 Å². The minimum absolute atomic E-state index is 0.0621. The van der Waals surface area contributed by atoms with E-state index in [1.807, 2.05) is 0 Å². The third-order valence-electron chi connectivity index (χ3n) is 3.47. The minimum atomic E-state index is 0.0621. The van der Waals surface area contributed by atoms with E-state index in [-0.39, 0.29) is 6.04 Å². The molecule has 0 saturated heterocycles. The van der Waals surface area contributed by atoms with Crippen molar-refractivity contribution in [1.29, 1.82) is 0 Å². The van der Waals surface area contributed by atoms with Gasteiger partial charge in [-0.05, 0) is 29.9 Å². The summed E-state index contributed by atoms with van der Waals surface area (Å²) in [6.07, 6.45) is 3.81. The maximum Gasteiger partial charge on any atom is 0.101 e. The Bertz CT molecular complexity index is 493. The lowest BCUT2D eigenvalue weighted by Crippen LogP contribution is -2.31. The van der Waals surface area contributed by atoms with Gasteiger partial charge in [-0.3, -0.25) is 11.3 Å². The summed E-state index contributed by atoms with van der Waals surface area (Å²) in [5.74, 6) is 6.15. The monoisotopic (exact) mass is 229 g/mol. The largest absolute Gasteiger partial charge is 0.271 e. The lowest BCUT2D eigenvalue weighted by atomic mass is 9.74. The number of hydrazine groups is 1. The fourth-order valence-electron chi connectivity index (χ4n) is 2.51. The van der Waals surface area contributed by atoms with Crippen LogP contribution in [0.5, 0.6) is 0 Å². The molecular weight excluding hydrogens is 214 g/mol. The highest BCUT2D eigenvalue weighted by Crippen LogP contribution is 2.40. The summed E-state index contributed by atoms with van der Waals surface area (Å²) in [4.78, 5) is 0. The van der Waals surface area contributed by atoms with Gasteiger partial charge in [0.15, 0.2) is 0 Å². The molecule has 1 heterocycles. The van der Waals surface area contributed by atoms with Gasteiger partial charge < -0.3 is 0 Å². The minimum Gasteiger partial charge on any atom is -0.271 e. The number of fused-ring (bicyclic) bond motifs is 1. The summed E-state index contributed by atoms with van der Waals surface area (Å²) < 4.78 is 0. The summed E-state index contributed by atoms with van der Waals surface area (Å²) in [7, 11) is 0. The summed E-state index contributed by atoms with van der Waals surface area (Å²) >= 11 is 0. The zero-order valence-corrected chi connectivity index (χ0v) is 9.43. The van der Waals surface area contributed by atoms with E-state index in [2.05, 4.69) is 45.1 Å². The molecule has 1 aromatic carbocycles. The topological polar surface area (TPSA) is 79.6 Å². The normalized spacial score (nSPS) is 19.5. The molecule has 4 N–H and O–H groups in total. The molecule has 0 spiro atoms. The first-order chi connectivity index (χ1) is 8.38. The molecule has 0 aliphatic heterocycles. The third-order valence-corrected chi connectivity index (χ3v) is 3.47. The number of aromatic nitrogens is 3. The van der Waals surface area contributed by atoms with Gasteiger partial charge in [0.25, 0.3) is 0 Å². The molecule has 1 aliphatic rings. The second kappa shape index (κ2) is 4.27. The Kier molecular flexibility index (Phi) is 2.62. The smallest absolute Gasteiger partial charge is 0.101 e. The maximum atomic E-state index is 5.58. The van der Waals surface area contributed by atoms with Crippen LogP contribution in [0.3, 0.4) is 0 Å². The Morgan fingerprint density at radius 2 is 2.35 bits per heavy atom. The van der Waals surface area contributed by atoms with Gasteiger partial charge in [0, 0.05) is 0 Å². The first-order valence-electron chi connectivity index (χ1n) is 5.78. The second-order valence-corrected chi connectivity index (χ2v) is 4.45. The van der Waals surface area contributed by atoms with Crippen molar-refractivity contribution < 1.29 is 0 Å². The van der Waals surface area contributed by atoms with E-state index in [1.54, 1.807) is 6.20 Å². The van der Waals surface area contributed by atoms with Crippen LogP contribution in [0.15, 0.2) is 30.5 Å². The fourth-order valence-corrected chi connectivity index (χ4v) is 2.51. The molecule has 0 saturated carbocycles. The van der Waals surface area contributed by atoms with Gasteiger partial charge in [0.05, 0.1) is 12.2 Å². The van der Waals surface area contributed by atoms with Crippen LogP contribution >= 0.6 is 0 Å². The zero-order chi connectivity index (χ0) is 11.7. The van der Waals surface area contributed by atoms with E-state index in [4.69, 9.17) is 5.84 Å². The van der Waals surface area contributed by atoms with Gasteiger partial charge in [-0.1, -0.05) is 24.3 Å². The van der Waals surface area contributed by atoms with Gasteiger partial charge >= 0.3 is 0 Å². The predicted octanol–water partition coefficient (Wildman–Crippen LogP) is 1.04. The molecule has 17 heavy (non-hydrogen) atoms. The number of hydrogen-bond acceptors (Lipinski definition) is 4. The summed E-state index contributed by atoms with van der Waals surface area (Å²) in [5.41, 5.74) is 6.58. The number of aromatic amines is 1. The van der Waals surface area contributed by atoms with Crippen molar-refractivity contribution in [2.45, 2.75) is 24.8 Å². The van der Waals surface area contributed by atoms with Gasteiger partial charge in [0.1, 0.15) is 5.69 Å². The van der Waals surface area contributed by atoms with Gasteiger partial charge in [-0.2, -0.15) is 15.4 Å². The number of nitrogens with two attached hydrogens (primary N) is 1. The predicted molar refractivity (Wildman–Crippen MR) is 64.0 cm³/mol. The fraction of sp³-hybridized carbons (Fsp3) is 0.333. The van der Waals surface area contributed by atoms with Gasteiger partial charge in [-0.15, -0.1) is 0 Å². The molecule has 1 aliphatic carbocycles. The molecule has 2 unspecified atom stereocenters. The van der Waals surface area contributed by atoms with Gasteiger partial charge in [0.2, 0.25) is 0 Å². The first-order valence-corrected chi connectivity index (χ1v) is 5.78. The molecule has 5 nitrogen and oxygen atoms in total. The van der Waals surface area contributed by atoms with Crippen molar-refractivity contribution in [3.8, 4) is 0 Å². The number of hydrogen-bond donors (Lipinski definition) is 3. The number of rotatable bonds is 4. The van der Waals surface area contributed by atoms with Crippen molar-refractivity contribution in [2.75, 3.05) is 0 Å². The average Bonchev–Trinajstić information content (AvgIpc) is 2.84.